The number of carbonyl (C=O) groups is 2. The van der Waals surface area contributed by atoms with Gasteiger partial charge in [-0.1, -0.05) is 6.08 Å². The molecule has 1 N–H and O–H groups in total. The molecule has 0 aliphatic heterocycles. The van der Waals surface area contributed by atoms with E-state index in [2.05, 4.69) is 11.9 Å². The highest BCUT2D eigenvalue weighted by atomic mass is 16.5. The highest BCUT2D eigenvalue weighted by Gasteiger charge is 2.09. The average Bonchev–Trinajstić information content (AvgIpc) is 2.15. The van der Waals surface area contributed by atoms with Crippen molar-refractivity contribution in [1.29, 1.82) is 0 Å². The van der Waals surface area contributed by atoms with Crippen molar-refractivity contribution in [3.8, 4) is 0 Å². The third-order valence-corrected chi connectivity index (χ3v) is 1.79. The zero-order valence-corrected chi connectivity index (χ0v) is 9.41. The summed E-state index contributed by atoms with van der Waals surface area (Å²) >= 11 is 0. The lowest BCUT2D eigenvalue weighted by atomic mass is 10.2. The molecule has 1 atom stereocenters. The molecule has 0 heterocycles. The van der Waals surface area contributed by atoms with Crippen LogP contribution in [0.3, 0.4) is 0 Å². The summed E-state index contributed by atoms with van der Waals surface area (Å²) < 4.78 is 4.71. The van der Waals surface area contributed by atoms with Gasteiger partial charge in [0.25, 0.3) is 0 Å². The summed E-state index contributed by atoms with van der Waals surface area (Å²) in [5.41, 5.74) is 0. The molecule has 1 unspecified atom stereocenters. The molecule has 0 aromatic rings. The Hall–Kier alpha value is -1.32. The van der Waals surface area contributed by atoms with Gasteiger partial charge in [0, 0.05) is 12.5 Å². The standard InChI is InChI=1S/C11H19NO3/c1-4-6-9(3)12-10(13)7-8-11(14)15-5-2/h4,9H,1,5-8H2,2-3H3,(H,12,13). The Morgan fingerprint density at radius 1 is 1.47 bits per heavy atom. The summed E-state index contributed by atoms with van der Waals surface area (Å²) in [5.74, 6) is -0.457. The summed E-state index contributed by atoms with van der Waals surface area (Å²) in [4.78, 5) is 22.2. The van der Waals surface area contributed by atoms with Crippen molar-refractivity contribution < 1.29 is 14.3 Å². The first-order chi connectivity index (χ1) is 7.10. The van der Waals surface area contributed by atoms with E-state index < -0.39 is 0 Å². The summed E-state index contributed by atoms with van der Waals surface area (Å²) in [6.45, 7) is 7.57. The van der Waals surface area contributed by atoms with Gasteiger partial charge < -0.3 is 10.1 Å². The van der Waals surface area contributed by atoms with E-state index in [1.165, 1.54) is 0 Å². The molecule has 0 aromatic heterocycles. The topological polar surface area (TPSA) is 55.4 Å². The molecular weight excluding hydrogens is 194 g/mol. The quantitative estimate of drug-likeness (QED) is 0.514. The highest BCUT2D eigenvalue weighted by molar-refractivity contribution is 5.81. The number of hydrogen-bond donors (Lipinski definition) is 1. The van der Waals surface area contributed by atoms with E-state index in [1.54, 1.807) is 13.0 Å². The highest BCUT2D eigenvalue weighted by Crippen LogP contribution is 1.96. The van der Waals surface area contributed by atoms with Crippen LogP contribution < -0.4 is 5.32 Å². The largest absolute Gasteiger partial charge is 0.466 e. The second-order valence-corrected chi connectivity index (χ2v) is 3.30. The Morgan fingerprint density at radius 2 is 2.13 bits per heavy atom. The van der Waals surface area contributed by atoms with Gasteiger partial charge in [0.1, 0.15) is 0 Å². The number of ether oxygens (including phenoxy) is 1. The van der Waals surface area contributed by atoms with E-state index >= 15 is 0 Å². The van der Waals surface area contributed by atoms with E-state index in [0.29, 0.717) is 6.61 Å². The molecule has 4 heteroatoms. The van der Waals surface area contributed by atoms with Gasteiger partial charge in [0.2, 0.25) is 5.91 Å². The van der Waals surface area contributed by atoms with E-state index in [9.17, 15) is 9.59 Å². The lowest BCUT2D eigenvalue weighted by Gasteiger charge is -2.11. The predicted octanol–water partition coefficient (Wildman–Crippen LogP) is 1.41. The van der Waals surface area contributed by atoms with Crippen LogP contribution in [0.25, 0.3) is 0 Å². The Kier molecular flexibility index (Phi) is 7.32. The van der Waals surface area contributed by atoms with Crippen molar-refractivity contribution in [2.75, 3.05) is 6.61 Å². The van der Waals surface area contributed by atoms with Gasteiger partial charge in [0.15, 0.2) is 0 Å². The van der Waals surface area contributed by atoms with Crippen LogP contribution in [0.5, 0.6) is 0 Å². The molecule has 0 spiro atoms. The van der Waals surface area contributed by atoms with Gasteiger partial charge in [-0.25, -0.2) is 0 Å². The molecule has 0 saturated carbocycles. The zero-order valence-electron chi connectivity index (χ0n) is 9.41. The Labute approximate surface area is 90.7 Å². The summed E-state index contributed by atoms with van der Waals surface area (Å²) in [6.07, 6.45) is 2.79. The number of nitrogens with one attached hydrogen (secondary N) is 1. The van der Waals surface area contributed by atoms with E-state index in [-0.39, 0.29) is 30.8 Å². The maximum Gasteiger partial charge on any atom is 0.306 e. The van der Waals surface area contributed by atoms with Crippen molar-refractivity contribution in [3.05, 3.63) is 12.7 Å². The third-order valence-electron chi connectivity index (χ3n) is 1.79. The minimum absolute atomic E-state index is 0.0668. The van der Waals surface area contributed by atoms with Crippen LogP contribution in [0, 0.1) is 0 Å². The smallest absolute Gasteiger partial charge is 0.306 e. The van der Waals surface area contributed by atoms with Crippen molar-refractivity contribution in [2.45, 2.75) is 39.2 Å². The molecule has 0 radical (unpaired) electrons. The van der Waals surface area contributed by atoms with Crippen LogP contribution in [0.2, 0.25) is 0 Å². The first-order valence-electron chi connectivity index (χ1n) is 5.16. The number of rotatable bonds is 7. The summed E-state index contributed by atoms with van der Waals surface area (Å²) in [5, 5.41) is 2.76. The average molecular weight is 213 g/mol. The summed E-state index contributed by atoms with van der Waals surface area (Å²) in [6, 6.07) is 0.0668. The maximum atomic E-state index is 11.3. The van der Waals surface area contributed by atoms with Gasteiger partial charge in [0.05, 0.1) is 13.0 Å². The van der Waals surface area contributed by atoms with Crippen LogP contribution in [-0.4, -0.2) is 24.5 Å². The molecule has 0 fully saturated rings. The van der Waals surface area contributed by atoms with Crippen molar-refractivity contribution in [2.24, 2.45) is 0 Å². The Morgan fingerprint density at radius 3 is 2.67 bits per heavy atom. The minimum atomic E-state index is -0.330. The molecule has 0 saturated heterocycles. The molecule has 15 heavy (non-hydrogen) atoms. The Bertz CT molecular complexity index is 226. The van der Waals surface area contributed by atoms with Gasteiger partial charge >= 0.3 is 5.97 Å². The number of carbonyl (C=O) groups excluding carboxylic acids is 2. The van der Waals surface area contributed by atoms with E-state index in [1.807, 2.05) is 6.92 Å². The fourth-order valence-corrected chi connectivity index (χ4v) is 1.10. The zero-order chi connectivity index (χ0) is 11.7. The van der Waals surface area contributed by atoms with Crippen molar-refractivity contribution in [3.63, 3.8) is 0 Å². The first kappa shape index (κ1) is 13.7. The number of amides is 1. The molecule has 0 aromatic carbocycles. The molecule has 86 valence electrons. The van der Waals surface area contributed by atoms with Crippen LogP contribution in [0.1, 0.15) is 33.1 Å². The first-order valence-corrected chi connectivity index (χ1v) is 5.16. The van der Waals surface area contributed by atoms with Crippen molar-refractivity contribution in [1.82, 2.24) is 5.32 Å². The second-order valence-electron chi connectivity index (χ2n) is 3.30. The van der Waals surface area contributed by atoms with Gasteiger partial charge in [-0.3, -0.25) is 9.59 Å². The molecule has 0 aliphatic carbocycles. The third kappa shape index (κ3) is 7.73. The van der Waals surface area contributed by atoms with Crippen LogP contribution in [0.4, 0.5) is 0 Å². The predicted molar refractivity (Wildman–Crippen MR) is 58.3 cm³/mol. The fraction of sp³-hybridized carbons (Fsp3) is 0.636. The van der Waals surface area contributed by atoms with Gasteiger partial charge in [-0.2, -0.15) is 0 Å². The number of esters is 1. The SMILES string of the molecule is C=CCC(C)NC(=O)CCC(=O)OCC. The van der Waals surface area contributed by atoms with Crippen LogP contribution in [0.15, 0.2) is 12.7 Å². The maximum absolute atomic E-state index is 11.3. The van der Waals surface area contributed by atoms with Crippen LogP contribution >= 0.6 is 0 Å². The molecule has 4 nitrogen and oxygen atoms in total. The van der Waals surface area contributed by atoms with Gasteiger partial charge in [-0.05, 0) is 20.3 Å². The van der Waals surface area contributed by atoms with E-state index in [4.69, 9.17) is 4.74 Å². The van der Waals surface area contributed by atoms with Crippen molar-refractivity contribution >= 4 is 11.9 Å². The normalized spacial score (nSPS) is 11.6. The van der Waals surface area contributed by atoms with E-state index in [0.717, 1.165) is 6.42 Å². The minimum Gasteiger partial charge on any atom is -0.466 e. The summed E-state index contributed by atoms with van der Waals surface area (Å²) in [7, 11) is 0. The monoisotopic (exact) mass is 213 g/mol. The molecule has 0 rings (SSSR count). The molecule has 1 amide bonds. The number of hydrogen-bond acceptors (Lipinski definition) is 3. The van der Waals surface area contributed by atoms with Crippen LogP contribution in [-0.2, 0) is 14.3 Å². The molecular formula is C11H19NO3. The molecule has 0 bridgehead atoms. The Balaban J connectivity index is 3.65. The molecule has 0 aliphatic rings. The van der Waals surface area contributed by atoms with Gasteiger partial charge in [-0.15, -0.1) is 6.58 Å². The lowest BCUT2D eigenvalue weighted by molar-refractivity contribution is -0.144. The fourth-order valence-electron chi connectivity index (χ4n) is 1.10. The second kappa shape index (κ2) is 8.03. The lowest BCUT2D eigenvalue weighted by Crippen LogP contribution is -2.32.